The zero-order valence-corrected chi connectivity index (χ0v) is 20.5. The Kier molecular flexibility index (Phi) is 6.61. The molecule has 0 fully saturated rings. The van der Waals surface area contributed by atoms with Gasteiger partial charge in [-0.15, -0.1) is 0 Å². The molecule has 0 unspecified atom stereocenters. The monoisotopic (exact) mass is 463 g/mol. The number of hydrogen-bond donors (Lipinski definition) is 1. The summed E-state index contributed by atoms with van der Waals surface area (Å²) in [7, 11) is 0. The van der Waals surface area contributed by atoms with Gasteiger partial charge in [-0.25, -0.2) is 9.48 Å². The Morgan fingerprint density at radius 3 is 2.52 bits per heavy atom. The molecule has 6 heteroatoms. The van der Waals surface area contributed by atoms with Gasteiger partial charge in [0.05, 0.1) is 11.4 Å². The van der Waals surface area contributed by atoms with Gasteiger partial charge in [0.2, 0.25) is 0 Å². The molecule has 0 saturated heterocycles. The van der Waals surface area contributed by atoms with Crippen LogP contribution in [-0.4, -0.2) is 22.0 Å². The molecule has 0 saturated carbocycles. The standard InChI is InChI=1S/C27H30ClN3O2/c1-16(2)20-7-10-22(11-8-20)29-27(32)33-24-13-9-21(14-24)26-18(4)30-31(19(26)5)23-12-6-17(3)25(28)15-23/h6-13,15-16,21,24H,14H2,1-5H3,(H,29,32)/t21-,24+/m0/s1. The third kappa shape index (κ3) is 4.98. The van der Waals surface area contributed by atoms with E-state index in [1.54, 1.807) is 0 Å². The molecule has 1 aliphatic rings. The number of benzene rings is 2. The van der Waals surface area contributed by atoms with Crippen molar-refractivity contribution in [1.82, 2.24) is 9.78 Å². The van der Waals surface area contributed by atoms with Crippen molar-refractivity contribution >= 4 is 23.4 Å². The Morgan fingerprint density at radius 2 is 1.85 bits per heavy atom. The van der Waals surface area contributed by atoms with E-state index in [1.165, 1.54) is 11.1 Å². The van der Waals surface area contributed by atoms with Crippen LogP contribution in [0.25, 0.3) is 5.69 Å². The molecular formula is C27H30ClN3O2. The van der Waals surface area contributed by atoms with Crippen LogP contribution in [0.15, 0.2) is 54.6 Å². The van der Waals surface area contributed by atoms with E-state index in [0.29, 0.717) is 12.3 Å². The number of hydrogen-bond acceptors (Lipinski definition) is 3. The Morgan fingerprint density at radius 1 is 1.12 bits per heavy atom. The molecule has 0 bridgehead atoms. The molecular weight excluding hydrogens is 434 g/mol. The molecule has 5 nitrogen and oxygen atoms in total. The number of nitrogens with one attached hydrogen (secondary N) is 1. The predicted molar refractivity (Wildman–Crippen MR) is 134 cm³/mol. The van der Waals surface area contributed by atoms with Gasteiger partial charge >= 0.3 is 6.09 Å². The Balaban J connectivity index is 1.41. The number of carbonyl (C=O) groups excluding carboxylic acids is 1. The summed E-state index contributed by atoms with van der Waals surface area (Å²) < 4.78 is 7.60. The molecule has 2 atom stereocenters. The molecule has 0 aliphatic heterocycles. The SMILES string of the molecule is Cc1ccc(-n2nc(C)c([C@H]3C=C[C@@H](OC(=O)Nc4ccc(C(C)C)cc4)C3)c2C)cc1Cl. The van der Waals surface area contributed by atoms with Gasteiger partial charge in [0.15, 0.2) is 0 Å². The van der Waals surface area contributed by atoms with Gasteiger partial charge < -0.3 is 4.74 Å². The van der Waals surface area contributed by atoms with Crippen LogP contribution in [0, 0.1) is 20.8 Å². The van der Waals surface area contributed by atoms with Crippen molar-refractivity contribution < 1.29 is 9.53 Å². The molecule has 1 aromatic heterocycles. The molecule has 2 aromatic carbocycles. The molecule has 4 rings (SSSR count). The van der Waals surface area contributed by atoms with Crippen LogP contribution in [0.3, 0.4) is 0 Å². The molecule has 1 amide bonds. The Hall–Kier alpha value is -3.05. The minimum absolute atomic E-state index is 0.141. The van der Waals surface area contributed by atoms with Crippen LogP contribution in [0.1, 0.15) is 60.2 Å². The lowest BCUT2D eigenvalue weighted by Gasteiger charge is -2.15. The lowest BCUT2D eigenvalue weighted by atomic mass is 9.96. The Bertz CT molecular complexity index is 1190. The number of nitrogens with zero attached hydrogens (tertiary/aromatic N) is 2. The van der Waals surface area contributed by atoms with Crippen LogP contribution in [-0.2, 0) is 4.74 Å². The largest absolute Gasteiger partial charge is 0.442 e. The van der Waals surface area contributed by atoms with Crippen LogP contribution in [0.5, 0.6) is 0 Å². The maximum atomic E-state index is 12.4. The zero-order chi connectivity index (χ0) is 23.7. The number of carbonyl (C=O) groups is 1. The number of aryl methyl sites for hydroxylation is 2. The normalized spacial score (nSPS) is 17.5. The van der Waals surface area contributed by atoms with Crippen molar-refractivity contribution in [3.8, 4) is 5.69 Å². The molecule has 1 heterocycles. The highest BCUT2D eigenvalue weighted by molar-refractivity contribution is 6.31. The van der Waals surface area contributed by atoms with Gasteiger partial charge in [-0.3, -0.25) is 5.32 Å². The van der Waals surface area contributed by atoms with E-state index in [0.717, 1.165) is 33.3 Å². The molecule has 33 heavy (non-hydrogen) atoms. The van der Waals surface area contributed by atoms with Crippen molar-refractivity contribution in [2.24, 2.45) is 0 Å². The summed E-state index contributed by atoms with van der Waals surface area (Å²) in [5.74, 6) is 0.591. The third-order valence-electron chi connectivity index (χ3n) is 6.24. The highest BCUT2D eigenvalue weighted by Gasteiger charge is 2.28. The smallest absolute Gasteiger partial charge is 0.412 e. The third-order valence-corrected chi connectivity index (χ3v) is 6.65. The van der Waals surface area contributed by atoms with Gasteiger partial charge in [-0.2, -0.15) is 5.10 Å². The van der Waals surface area contributed by atoms with E-state index in [1.807, 2.05) is 67.1 Å². The second-order valence-corrected chi connectivity index (χ2v) is 9.41. The predicted octanol–water partition coefficient (Wildman–Crippen LogP) is 7.24. The van der Waals surface area contributed by atoms with Gasteiger partial charge in [0, 0.05) is 27.9 Å². The average Bonchev–Trinajstić information content (AvgIpc) is 3.33. The van der Waals surface area contributed by atoms with Gasteiger partial charge in [-0.1, -0.05) is 49.7 Å². The average molecular weight is 464 g/mol. The minimum atomic E-state index is -0.443. The summed E-state index contributed by atoms with van der Waals surface area (Å²) in [6.45, 7) is 10.4. The number of ether oxygens (including phenoxy) is 1. The van der Waals surface area contributed by atoms with Gasteiger partial charge in [-0.05, 0) is 74.6 Å². The maximum Gasteiger partial charge on any atom is 0.412 e. The first-order valence-corrected chi connectivity index (χ1v) is 11.7. The lowest BCUT2D eigenvalue weighted by molar-refractivity contribution is 0.132. The van der Waals surface area contributed by atoms with Crippen molar-refractivity contribution in [3.05, 3.63) is 87.7 Å². The molecule has 0 spiro atoms. The molecule has 1 N–H and O–H groups in total. The first-order chi connectivity index (χ1) is 15.7. The summed E-state index contributed by atoms with van der Waals surface area (Å²) >= 11 is 6.33. The van der Waals surface area contributed by atoms with Gasteiger partial charge in [0.25, 0.3) is 0 Å². The number of allylic oxidation sites excluding steroid dienone is 1. The van der Waals surface area contributed by atoms with E-state index < -0.39 is 6.09 Å². The lowest BCUT2D eigenvalue weighted by Crippen LogP contribution is -2.20. The number of halogens is 1. The number of aromatic nitrogens is 2. The highest BCUT2D eigenvalue weighted by Crippen LogP contribution is 2.35. The highest BCUT2D eigenvalue weighted by atomic mass is 35.5. The fraction of sp³-hybridized carbons (Fsp3) is 0.333. The molecule has 1 aliphatic carbocycles. The quantitative estimate of drug-likeness (QED) is 0.406. The van der Waals surface area contributed by atoms with Crippen molar-refractivity contribution in [2.45, 2.75) is 59.0 Å². The second kappa shape index (κ2) is 9.44. The molecule has 172 valence electrons. The fourth-order valence-electron chi connectivity index (χ4n) is 4.36. The zero-order valence-electron chi connectivity index (χ0n) is 19.7. The van der Waals surface area contributed by atoms with E-state index in [2.05, 4.69) is 32.2 Å². The van der Waals surface area contributed by atoms with Crippen LogP contribution in [0.2, 0.25) is 5.02 Å². The van der Waals surface area contributed by atoms with E-state index in [-0.39, 0.29) is 12.0 Å². The van der Waals surface area contributed by atoms with E-state index >= 15 is 0 Å². The fourth-order valence-corrected chi connectivity index (χ4v) is 4.53. The first kappa shape index (κ1) is 23.1. The number of anilines is 1. The van der Waals surface area contributed by atoms with Crippen molar-refractivity contribution in [1.29, 1.82) is 0 Å². The summed E-state index contributed by atoms with van der Waals surface area (Å²) in [5.41, 5.74) is 7.14. The van der Waals surface area contributed by atoms with E-state index in [4.69, 9.17) is 21.4 Å². The minimum Gasteiger partial charge on any atom is -0.442 e. The summed E-state index contributed by atoms with van der Waals surface area (Å²) in [6.07, 6.45) is 4.05. The molecule has 3 aromatic rings. The van der Waals surface area contributed by atoms with E-state index in [9.17, 15) is 4.79 Å². The van der Waals surface area contributed by atoms with Crippen LogP contribution < -0.4 is 5.32 Å². The topological polar surface area (TPSA) is 56.2 Å². The molecule has 0 radical (unpaired) electrons. The summed E-state index contributed by atoms with van der Waals surface area (Å²) in [4.78, 5) is 12.4. The maximum absolute atomic E-state index is 12.4. The number of amides is 1. The van der Waals surface area contributed by atoms with Crippen LogP contribution in [0.4, 0.5) is 10.5 Å². The van der Waals surface area contributed by atoms with Crippen LogP contribution >= 0.6 is 11.6 Å². The van der Waals surface area contributed by atoms with Crippen molar-refractivity contribution in [2.75, 3.05) is 5.32 Å². The second-order valence-electron chi connectivity index (χ2n) is 9.00. The van der Waals surface area contributed by atoms with Gasteiger partial charge in [0.1, 0.15) is 6.10 Å². The summed E-state index contributed by atoms with van der Waals surface area (Å²) in [5, 5.41) is 8.31. The van der Waals surface area contributed by atoms with Crippen molar-refractivity contribution in [3.63, 3.8) is 0 Å². The Labute approximate surface area is 200 Å². The summed E-state index contributed by atoms with van der Waals surface area (Å²) in [6, 6.07) is 13.8. The number of rotatable bonds is 5. The first-order valence-electron chi connectivity index (χ1n) is 11.3.